The fourth-order valence-electron chi connectivity index (χ4n) is 3.26. The SMILES string of the molecule is Cc1nc(N)nc(-n2c(Nc3ccc(NC(=O)C4CC4)cc3)nc3ccccc32)n1. The number of aryl methyl sites for hydroxylation is 1. The van der Waals surface area contributed by atoms with Gasteiger partial charge >= 0.3 is 0 Å². The van der Waals surface area contributed by atoms with E-state index in [1.807, 2.05) is 53.1 Å². The van der Waals surface area contributed by atoms with Gasteiger partial charge in [0.15, 0.2) is 0 Å². The Hall–Kier alpha value is -4.01. The van der Waals surface area contributed by atoms with Crippen LogP contribution in [0.3, 0.4) is 0 Å². The van der Waals surface area contributed by atoms with E-state index >= 15 is 0 Å². The number of nitrogen functional groups attached to an aromatic ring is 1. The van der Waals surface area contributed by atoms with Crippen molar-refractivity contribution in [2.24, 2.45) is 5.92 Å². The first-order chi connectivity index (χ1) is 14.6. The summed E-state index contributed by atoms with van der Waals surface area (Å²) in [5.74, 6) is 1.87. The molecule has 9 heteroatoms. The Balaban J connectivity index is 1.49. The molecule has 2 aromatic heterocycles. The molecule has 1 fully saturated rings. The van der Waals surface area contributed by atoms with Crippen molar-refractivity contribution in [2.45, 2.75) is 19.8 Å². The van der Waals surface area contributed by atoms with E-state index in [9.17, 15) is 4.79 Å². The van der Waals surface area contributed by atoms with E-state index in [1.165, 1.54) is 0 Å². The molecule has 0 aliphatic heterocycles. The number of hydrogen-bond donors (Lipinski definition) is 3. The van der Waals surface area contributed by atoms with Crippen LogP contribution >= 0.6 is 0 Å². The fourth-order valence-corrected chi connectivity index (χ4v) is 3.26. The number of benzene rings is 2. The molecule has 1 amide bonds. The lowest BCUT2D eigenvalue weighted by atomic mass is 10.2. The van der Waals surface area contributed by atoms with E-state index in [4.69, 9.17) is 5.73 Å². The zero-order valence-electron chi connectivity index (χ0n) is 16.3. The highest BCUT2D eigenvalue weighted by Crippen LogP contribution is 2.30. The molecule has 0 atom stereocenters. The second-order valence-corrected chi connectivity index (χ2v) is 7.27. The van der Waals surface area contributed by atoms with Gasteiger partial charge in [0.05, 0.1) is 11.0 Å². The Morgan fingerprint density at radius 3 is 2.47 bits per heavy atom. The summed E-state index contributed by atoms with van der Waals surface area (Å²) < 4.78 is 1.81. The van der Waals surface area contributed by atoms with Gasteiger partial charge in [-0.1, -0.05) is 12.1 Å². The largest absolute Gasteiger partial charge is 0.368 e. The maximum atomic E-state index is 11.9. The lowest BCUT2D eigenvalue weighted by Gasteiger charge is -2.11. The van der Waals surface area contributed by atoms with Crippen molar-refractivity contribution in [3.63, 3.8) is 0 Å². The van der Waals surface area contributed by atoms with Gasteiger partial charge in [-0.15, -0.1) is 0 Å². The van der Waals surface area contributed by atoms with Gasteiger partial charge < -0.3 is 16.4 Å². The third-order valence-electron chi connectivity index (χ3n) is 4.87. The topological polar surface area (TPSA) is 124 Å². The predicted molar refractivity (Wildman–Crippen MR) is 115 cm³/mol. The molecule has 4 N–H and O–H groups in total. The van der Waals surface area contributed by atoms with E-state index < -0.39 is 0 Å². The van der Waals surface area contributed by atoms with Gasteiger partial charge in [-0.2, -0.15) is 15.0 Å². The molecule has 150 valence electrons. The van der Waals surface area contributed by atoms with Crippen molar-refractivity contribution in [1.29, 1.82) is 0 Å². The van der Waals surface area contributed by atoms with E-state index in [-0.39, 0.29) is 17.8 Å². The summed E-state index contributed by atoms with van der Waals surface area (Å²) in [6.45, 7) is 1.77. The van der Waals surface area contributed by atoms with Gasteiger partial charge in [-0.3, -0.25) is 4.79 Å². The number of para-hydroxylation sites is 2. The summed E-state index contributed by atoms with van der Waals surface area (Å²) in [7, 11) is 0. The Labute approximate surface area is 172 Å². The quantitative estimate of drug-likeness (QED) is 0.470. The van der Waals surface area contributed by atoms with Crippen LogP contribution in [0.15, 0.2) is 48.5 Å². The van der Waals surface area contributed by atoms with Crippen LogP contribution in [0.25, 0.3) is 17.0 Å². The van der Waals surface area contributed by atoms with Gasteiger partial charge in [-0.25, -0.2) is 9.55 Å². The number of aromatic nitrogens is 5. The summed E-state index contributed by atoms with van der Waals surface area (Å²) in [5, 5.41) is 6.25. The second-order valence-electron chi connectivity index (χ2n) is 7.27. The third-order valence-corrected chi connectivity index (χ3v) is 4.87. The minimum Gasteiger partial charge on any atom is -0.368 e. The molecular formula is C21H20N8O. The predicted octanol–water partition coefficient (Wildman–Crippen LogP) is 3.19. The molecule has 0 bridgehead atoms. The first-order valence-corrected chi connectivity index (χ1v) is 9.71. The summed E-state index contributed by atoms with van der Waals surface area (Å²) in [4.78, 5) is 29.4. The van der Waals surface area contributed by atoms with Crippen LogP contribution in [0.2, 0.25) is 0 Å². The van der Waals surface area contributed by atoms with Gasteiger partial charge in [0.1, 0.15) is 5.82 Å². The smallest absolute Gasteiger partial charge is 0.242 e. The number of amides is 1. The number of imidazole rings is 1. The molecule has 30 heavy (non-hydrogen) atoms. The van der Waals surface area contributed by atoms with Crippen molar-refractivity contribution in [3.8, 4) is 5.95 Å². The van der Waals surface area contributed by atoms with Crippen molar-refractivity contribution in [3.05, 3.63) is 54.4 Å². The zero-order valence-corrected chi connectivity index (χ0v) is 16.3. The molecule has 4 aromatic rings. The van der Waals surface area contributed by atoms with Crippen LogP contribution in [-0.4, -0.2) is 30.4 Å². The number of nitrogens with one attached hydrogen (secondary N) is 2. The van der Waals surface area contributed by atoms with Gasteiger partial charge in [-0.05, 0) is 56.2 Å². The van der Waals surface area contributed by atoms with Crippen LogP contribution in [0.4, 0.5) is 23.3 Å². The molecular weight excluding hydrogens is 380 g/mol. The van der Waals surface area contributed by atoms with Gasteiger partial charge in [0.25, 0.3) is 0 Å². The molecule has 0 unspecified atom stereocenters. The Kier molecular flexibility index (Phi) is 4.27. The number of carbonyl (C=O) groups is 1. The van der Waals surface area contributed by atoms with Crippen LogP contribution < -0.4 is 16.4 Å². The van der Waals surface area contributed by atoms with Crippen molar-refractivity contribution < 1.29 is 4.79 Å². The first-order valence-electron chi connectivity index (χ1n) is 9.71. The molecule has 0 saturated heterocycles. The highest BCUT2D eigenvalue weighted by molar-refractivity contribution is 5.94. The molecule has 2 heterocycles. The zero-order chi connectivity index (χ0) is 20.7. The molecule has 0 spiro atoms. The second kappa shape index (κ2) is 7.11. The minimum atomic E-state index is 0.0836. The lowest BCUT2D eigenvalue weighted by molar-refractivity contribution is -0.117. The number of hydrogen-bond acceptors (Lipinski definition) is 7. The third kappa shape index (κ3) is 3.52. The number of fused-ring (bicyclic) bond motifs is 1. The summed E-state index contributed by atoms with van der Waals surface area (Å²) in [6.07, 6.45) is 1.95. The molecule has 1 aliphatic rings. The molecule has 1 aliphatic carbocycles. The van der Waals surface area contributed by atoms with Gasteiger partial charge in [0, 0.05) is 17.3 Å². The number of nitrogens with zero attached hydrogens (tertiary/aromatic N) is 5. The maximum Gasteiger partial charge on any atom is 0.242 e. The maximum absolute atomic E-state index is 11.9. The molecule has 9 nitrogen and oxygen atoms in total. The molecule has 0 radical (unpaired) electrons. The van der Waals surface area contributed by atoms with Crippen LogP contribution in [0.5, 0.6) is 0 Å². The van der Waals surface area contributed by atoms with E-state index in [0.717, 1.165) is 35.2 Å². The Morgan fingerprint density at radius 2 is 1.73 bits per heavy atom. The van der Waals surface area contributed by atoms with E-state index in [0.29, 0.717) is 17.7 Å². The average Bonchev–Trinajstić information content (AvgIpc) is 3.50. The standard InChI is InChI=1S/C21H20N8O/c1-12-23-19(22)28-20(24-12)29-17-5-3-2-4-16(17)27-21(29)26-15-10-8-14(9-11-15)25-18(30)13-6-7-13/h2-5,8-11,13H,6-7H2,1H3,(H,25,30)(H,26,27)(H2,22,23,24,28). The normalized spacial score (nSPS) is 13.4. The van der Waals surface area contributed by atoms with E-state index in [2.05, 4.69) is 30.6 Å². The lowest BCUT2D eigenvalue weighted by Crippen LogP contribution is -2.13. The van der Waals surface area contributed by atoms with Crippen molar-refractivity contribution in [2.75, 3.05) is 16.4 Å². The molecule has 2 aromatic carbocycles. The minimum absolute atomic E-state index is 0.0836. The number of rotatable bonds is 5. The number of carbonyl (C=O) groups excluding carboxylic acids is 1. The summed E-state index contributed by atoms with van der Waals surface area (Å²) >= 11 is 0. The van der Waals surface area contributed by atoms with Gasteiger partial charge in [0.2, 0.25) is 23.8 Å². The highest BCUT2D eigenvalue weighted by Gasteiger charge is 2.29. The van der Waals surface area contributed by atoms with Crippen molar-refractivity contribution in [1.82, 2.24) is 24.5 Å². The fraction of sp³-hybridized carbons (Fsp3) is 0.190. The summed E-state index contributed by atoms with van der Waals surface area (Å²) in [6, 6.07) is 15.2. The van der Waals surface area contributed by atoms with E-state index in [1.54, 1.807) is 6.92 Å². The molecule has 1 saturated carbocycles. The monoisotopic (exact) mass is 400 g/mol. The summed E-state index contributed by atoms with van der Waals surface area (Å²) in [5.41, 5.74) is 9.07. The number of anilines is 4. The highest BCUT2D eigenvalue weighted by atomic mass is 16.2. The number of nitrogens with two attached hydrogens (primary N) is 1. The molecule has 5 rings (SSSR count). The van der Waals surface area contributed by atoms with Crippen LogP contribution in [0.1, 0.15) is 18.7 Å². The average molecular weight is 400 g/mol. The Morgan fingerprint density at radius 1 is 1.00 bits per heavy atom. The first kappa shape index (κ1) is 18.0. The van der Waals surface area contributed by atoms with Crippen LogP contribution in [0, 0.1) is 12.8 Å². The van der Waals surface area contributed by atoms with Crippen LogP contribution in [-0.2, 0) is 4.79 Å². The Bertz CT molecular complexity index is 1220. The van der Waals surface area contributed by atoms with Crippen molar-refractivity contribution >= 4 is 40.2 Å².